The number of rotatable bonds is 10. The van der Waals surface area contributed by atoms with Crippen molar-refractivity contribution in [2.24, 2.45) is 0 Å². The minimum absolute atomic E-state index is 0. The number of carbonyl (C=O) groups is 1. The fraction of sp³-hybridized carbons (Fsp3) is 0.292. The van der Waals surface area contributed by atoms with E-state index in [1.807, 2.05) is 10.8 Å². The molecule has 2 heterocycles. The molecule has 0 N–H and O–H groups in total. The molecule has 0 radical (unpaired) electrons. The van der Waals surface area contributed by atoms with Crippen LogP contribution in [0.1, 0.15) is 36.5 Å². The Morgan fingerprint density at radius 3 is 2.68 bits per heavy atom. The summed E-state index contributed by atoms with van der Waals surface area (Å²) in [7, 11) is 0. The van der Waals surface area contributed by atoms with Crippen molar-refractivity contribution in [1.29, 1.82) is 0 Å². The molecule has 2 aromatic carbocycles. The number of amides is 1. The number of carbonyl (C=O) groups excluding carboxylic acids is 1. The van der Waals surface area contributed by atoms with Crippen molar-refractivity contribution < 1.29 is 18.3 Å². The second-order valence-electron chi connectivity index (χ2n) is 7.57. The molecule has 10 heteroatoms. The van der Waals surface area contributed by atoms with E-state index in [2.05, 4.69) is 16.9 Å². The molecule has 4 rings (SSSR count). The van der Waals surface area contributed by atoms with E-state index in [0.29, 0.717) is 47.3 Å². The van der Waals surface area contributed by atoms with E-state index in [4.69, 9.17) is 4.74 Å². The molecule has 0 spiro atoms. The third kappa shape index (κ3) is 6.09. The van der Waals surface area contributed by atoms with Crippen LogP contribution in [-0.2, 0) is 6.54 Å². The number of aromatic nitrogens is 3. The summed E-state index contributed by atoms with van der Waals surface area (Å²) < 4.78 is 35.9. The van der Waals surface area contributed by atoms with E-state index in [-0.39, 0.29) is 23.8 Å². The molecule has 0 unspecified atom stereocenters. The molecule has 1 amide bonds. The first kappa shape index (κ1) is 25.6. The number of hydrogen-bond donors (Lipinski definition) is 0. The summed E-state index contributed by atoms with van der Waals surface area (Å²) in [5.74, 6) is -0.983. The van der Waals surface area contributed by atoms with Crippen molar-refractivity contribution in [3.63, 3.8) is 0 Å². The van der Waals surface area contributed by atoms with Crippen LogP contribution in [0.2, 0.25) is 0 Å². The van der Waals surface area contributed by atoms with E-state index >= 15 is 0 Å². The molecule has 0 aliphatic heterocycles. The Bertz CT molecular complexity index is 1220. The summed E-state index contributed by atoms with van der Waals surface area (Å²) in [5.41, 5.74) is 0.523. The molecular weight excluding hydrogens is 482 g/mol. The first-order valence-corrected chi connectivity index (χ1v) is 11.6. The number of unbranched alkanes of at least 4 members (excludes halogenated alkanes) is 1. The Kier molecular flexibility index (Phi) is 8.95. The van der Waals surface area contributed by atoms with Crippen LogP contribution in [0.3, 0.4) is 0 Å². The van der Waals surface area contributed by atoms with Gasteiger partial charge >= 0.3 is 0 Å². The second kappa shape index (κ2) is 11.9. The number of nitrogens with zero attached hydrogens (tertiary/aromatic N) is 4. The molecular formula is C24H25ClF2N4O2S. The molecule has 0 atom stereocenters. The first-order chi connectivity index (χ1) is 16.0. The maximum absolute atomic E-state index is 14.2. The number of thiazole rings is 1. The zero-order valence-electron chi connectivity index (χ0n) is 18.6. The summed E-state index contributed by atoms with van der Waals surface area (Å²) in [5, 5.41) is 0.327. The summed E-state index contributed by atoms with van der Waals surface area (Å²) in [6, 6.07) is 8.98. The lowest BCUT2D eigenvalue weighted by Crippen LogP contribution is -2.32. The van der Waals surface area contributed by atoms with Gasteiger partial charge in [-0.15, -0.1) is 12.4 Å². The van der Waals surface area contributed by atoms with Crippen molar-refractivity contribution in [2.75, 3.05) is 18.1 Å². The maximum atomic E-state index is 14.2. The van der Waals surface area contributed by atoms with Crippen LogP contribution in [0.4, 0.5) is 13.9 Å². The predicted octanol–water partition coefficient (Wildman–Crippen LogP) is 6.11. The lowest BCUT2D eigenvalue weighted by atomic mass is 10.2. The molecule has 0 saturated carbocycles. The van der Waals surface area contributed by atoms with Gasteiger partial charge in [0.15, 0.2) is 10.9 Å². The monoisotopic (exact) mass is 506 g/mol. The molecule has 34 heavy (non-hydrogen) atoms. The average Bonchev–Trinajstić information content (AvgIpc) is 3.47. The quantitative estimate of drug-likeness (QED) is 0.243. The van der Waals surface area contributed by atoms with Crippen LogP contribution in [0.5, 0.6) is 5.75 Å². The van der Waals surface area contributed by atoms with Gasteiger partial charge < -0.3 is 9.30 Å². The normalized spacial score (nSPS) is 10.8. The third-order valence-corrected chi connectivity index (χ3v) is 6.13. The highest BCUT2D eigenvalue weighted by Gasteiger charge is 2.22. The van der Waals surface area contributed by atoms with Gasteiger partial charge in [-0.25, -0.2) is 18.7 Å². The Hall–Kier alpha value is -3.04. The highest BCUT2D eigenvalue weighted by molar-refractivity contribution is 7.22. The van der Waals surface area contributed by atoms with Gasteiger partial charge in [-0.05, 0) is 43.2 Å². The van der Waals surface area contributed by atoms with Gasteiger partial charge in [0.2, 0.25) is 0 Å². The predicted molar refractivity (Wildman–Crippen MR) is 132 cm³/mol. The number of anilines is 1. The Labute approximate surface area is 206 Å². The van der Waals surface area contributed by atoms with Gasteiger partial charge in [0.25, 0.3) is 5.91 Å². The SMILES string of the molecule is CCCCOc1ccc(C(=O)N(CCCn2ccnc2)c2nc3c(F)cc(F)cc3s2)cc1.Cl. The van der Waals surface area contributed by atoms with E-state index in [1.54, 1.807) is 36.8 Å². The summed E-state index contributed by atoms with van der Waals surface area (Å²) in [6.45, 7) is 3.73. The molecule has 6 nitrogen and oxygen atoms in total. The van der Waals surface area contributed by atoms with Crippen LogP contribution >= 0.6 is 23.7 Å². The van der Waals surface area contributed by atoms with Crippen LogP contribution in [-0.4, -0.2) is 33.6 Å². The Morgan fingerprint density at radius 1 is 1.18 bits per heavy atom. The number of imidazole rings is 1. The topological polar surface area (TPSA) is 60.2 Å². The molecule has 180 valence electrons. The molecule has 0 aliphatic carbocycles. The minimum atomic E-state index is -0.744. The van der Waals surface area contributed by atoms with Gasteiger partial charge in [0.1, 0.15) is 17.1 Å². The van der Waals surface area contributed by atoms with Gasteiger partial charge in [0.05, 0.1) is 17.6 Å². The second-order valence-corrected chi connectivity index (χ2v) is 8.58. The van der Waals surface area contributed by atoms with Gasteiger partial charge in [-0.1, -0.05) is 24.7 Å². The average molecular weight is 507 g/mol. The van der Waals surface area contributed by atoms with Crippen molar-refractivity contribution >= 4 is 45.0 Å². The molecule has 0 aliphatic rings. The largest absolute Gasteiger partial charge is 0.494 e. The summed E-state index contributed by atoms with van der Waals surface area (Å²) >= 11 is 1.09. The zero-order chi connectivity index (χ0) is 23.2. The van der Waals surface area contributed by atoms with Gasteiger partial charge in [-0.3, -0.25) is 9.69 Å². The van der Waals surface area contributed by atoms with E-state index in [0.717, 1.165) is 30.2 Å². The standard InChI is InChI=1S/C24H24F2N4O2S.ClH/c1-2-3-13-32-19-7-5-17(6-8-19)23(31)30(11-4-10-29-12-9-27-16-29)24-28-22-20(26)14-18(25)15-21(22)33-24;/h5-9,12,14-16H,2-4,10-11,13H2,1H3;1H. The molecule has 0 bridgehead atoms. The smallest absolute Gasteiger partial charge is 0.260 e. The summed E-state index contributed by atoms with van der Waals surface area (Å²) in [6.07, 6.45) is 7.88. The van der Waals surface area contributed by atoms with Crippen molar-refractivity contribution in [3.05, 3.63) is 72.3 Å². The molecule has 4 aromatic rings. The Morgan fingerprint density at radius 2 is 1.97 bits per heavy atom. The highest BCUT2D eigenvalue weighted by atomic mass is 35.5. The molecule has 0 fully saturated rings. The van der Waals surface area contributed by atoms with E-state index in [1.165, 1.54) is 11.0 Å². The fourth-order valence-corrected chi connectivity index (χ4v) is 4.39. The van der Waals surface area contributed by atoms with Gasteiger partial charge in [0, 0.05) is 37.1 Å². The van der Waals surface area contributed by atoms with Crippen LogP contribution in [0.25, 0.3) is 10.2 Å². The minimum Gasteiger partial charge on any atom is -0.494 e. The Balaban J connectivity index is 0.00000324. The molecule has 0 saturated heterocycles. The van der Waals surface area contributed by atoms with Crippen molar-refractivity contribution in [1.82, 2.24) is 14.5 Å². The highest BCUT2D eigenvalue weighted by Crippen LogP contribution is 2.32. The number of hydrogen-bond acceptors (Lipinski definition) is 5. The van der Waals surface area contributed by atoms with E-state index in [9.17, 15) is 13.6 Å². The first-order valence-electron chi connectivity index (χ1n) is 10.8. The van der Waals surface area contributed by atoms with Crippen LogP contribution in [0, 0.1) is 11.6 Å². The van der Waals surface area contributed by atoms with Crippen LogP contribution < -0.4 is 9.64 Å². The maximum Gasteiger partial charge on any atom is 0.260 e. The summed E-state index contributed by atoms with van der Waals surface area (Å²) in [4.78, 5) is 23.3. The van der Waals surface area contributed by atoms with Gasteiger partial charge in [-0.2, -0.15) is 0 Å². The number of aryl methyl sites for hydroxylation is 1. The lowest BCUT2D eigenvalue weighted by molar-refractivity contribution is 0.0986. The number of halogens is 3. The van der Waals surface area contributed by atoms with E-state index < -0.39 is 11.6 Å². The third-order valence-electron chi connectivity index (χ3n) is 5.10. The van der Waals surface area contributed by atoms with Crippen molar-refractivity contribution in [3.8, 4) is 5.75 Å². The number of ether oxygens (including phenoxy) is 1. The molecule has 2 aromatic heterocycles. The zero-order valence-corrected chi connectivity index (χ0v) is 20.2. The lowest BCUT2D eigenvalue weighted by Gasteiger charge is -2.20. The number of fused-ring (bicyclic) bond motifs is 1. The van der Waals surface area contributed by atoms with Crippen molar-refractivity contribution in [2.45, 2.75) is 32.7 Å². The van der Waals surface area contributed by atoms with Crippen LogP contribution in [0.15, 0.2) is 55.1 Å². The fourth-order valence-electron chi connectivity index (χ4n) is 3.36. The number of benzene rings is 2.